The Hall–Kier alpha value is -1.77. The summed E-state index contributed by atoms with van der Waals surface area (Å²) in [6, 6.07) is 6.13. The molecular weight excluding hydrogens is 402 g/mol. The lowest BCUT2D eigenvalue weighted by atomic mass is 9.69. The third-order valence-electron chi connectivity index (χ3n) is 6.60. The van der Waals surface area contributed by atoms with Crippen LogP contribution < -0.4 is 5.43 Å². The van der Waals surface area contributed by atoms with Gasteiger partial charge in [-0.1, -0.05) is 33.3 Å². The first-order valence-corrected chi connectivity index (χ1v) is 12.2. The highest BCUT2D eigenvalue weighted by atomic mass is 32.2. The van der Waals surface area contributed by atoms with Gasteiger partial charge < -0.3 is 4.74 Å². The first kappa shape index (κ1) is 22.9. The van der Waals surface area contributed by atoms with Crippen LogP contribution in [0.25, 0.3) is 0 Å². The molecular formula is C22H33N3O4S. The fourth-order valence-electron chi connectivity index (χ4n) is 4.06. The van der Waals surface area contributed by atoms with Gasteiger partial charge in [0.15, 0.2) is 0 Å². The minimum Gasteiger partial charge on any atom is -0.379 e. The zero-order valence-electron chi connectivity index (χ0n) is 18.2. The van der Waals surface area contributed by atoms with Crippen LogP contribution in [0.4, 0.5) is 0 Å². The molecule has 0 unspecified atom stereocenters. The van der Waals surface area contributed by atoms with Crippen molar-refractivity contribution in [1.82, 2.24) is 9.73 Å². The molecule has 0 spiro atoms. The molecule has 1 N–H and O–H groups in total. The van der Waals surface area contributed by atoms with Gasteiger partial charge in [-0.25, -0.2) is 13.8 Å². The molecule has 3 rings (SSSR count). The van der Waals surface area contributed by atoms with Crippen molar-refractivity contribution < 1.29 is 17.9 Å². The molecule has 2 fully saturated rings. The van der Waals surface area contributed by atoms with E-state index in [0.717, 1.165) is 37.8 Å². The molecule has 2 aliphatic rings. The van der Waals surface area contributed by atoms with E-state index in [0.29, 0.717) is 37.6 Å². The molecule has 1 aliphatic heterocycles. The van der Waals surface area contributed by atoms with Crippen LogP contribution >= 0.6 is 0 Å². The maximum atomic E-state index is 12.8. The second-order valence-electron chi connectivity index (χ2n) is 8.78. The predicted octanol–water partition coefficient (Wildman–Crippen LogP) is 3.42. The van der Waals surface area contributed by atoms with E-state index >= 15 is 0 Å². The number of hydrazone groups is 1. The summed E-state index contributed by atoms with van der Waals surface area (Å²) in [5.41, 5.74) is 4.24. The lowest BCUT2D eigenvalue weighted by Crippen LogP contribution is -2.40. The maximum Gasteiger partial charge on any atom is 0.271 e. The van der Waals surface area contributed by atoms with Gasteiger partial charge in [0.2, 0.25) is 10.0 Å². The topological polar surface area (TPSA) is 88.1 Å². The number of rotatable bonds is 6. The van der Waals surface area contributed by atoms with Crippen molar-refractivity contribution in [1.29, 1.82) is 0 Å². The van der Waals surface area contributed by atoms with Crippen molar-refractivity contribution in [2.24, 2.45) is 16.4 Å². The summed E-state index contributed by atoms with van der Waals surface area (Å²) >= 11 is 0. The summed E-state index contributed by atoms with van der Waals surface area (Å²) in [5.74, 6) is 0.289. The first-order valence-electron chi connectivity index (χ1n) is 10.8. The van der Waals surface area contributed by atoms with E-state index < -0.39 is 15.9 Å². The van der Waals surface area contributed by atoms with Crippen LogP contribution in [0.5, 0.6) is 0 Å². The van der Waals surface area contributed by atoms with Gasteiger partial charge in [0.05, 0.1) is 18.1 Å². The summed E-state index contributed by atoms with van der Waals surface area (Å²) in [5, 5.41) is 4.32. The van der Waals surface area contributed by atoms with E-state index in [1.165, 1.54) is 16.4 Å². The van der Waals surface area contributed by atoms with Crippen LogP contribution in [-0.4, -0.2) is 50.6 Å². The Balaban J connectivity index is 1.63. The van der Waals surface area contributed by atoms with Crippen molar-refractivity contribution in [3.8, 4) is 0 Å². The maximum absolute atomic E-state index is 12.8. The molecule has 8 heteroatoms. The number of benzene rings is 1. The normalized spacial score (nSPS) is 21.3. The average Bonchev–Trinajstić information content (AvgIpc) is 2.78. The molecule has 1 amide bonds. The second kappa shape index (κ2) is 9.58. The highest BCUT2D eigenvalue weighted by Gasteiger charge is 2.30. The quantitative estimate of drug-likeness (QED) is 0.694. The van der Waals surface area contributed by atoms with Crippen molar-refractivity contribution >= 4 is 21.6 Å². The van der Waals surface area contributed by atoms with E-state index in [2.05, 4.69) is 31.3 Å². The van der Waals surface area contributed by atoms with Crippen LogP contribution in [0.15, 0.2) is 34.3 Å². The van der Waals surface area contributed by atoms with Gasteiger partial charge in [-0.15, -0.1) is 0 Å². The summed E-state index contributed by atoms with van der Waals surface area (Å²) < 4.78 is 32.3. The van der Waals surface area contributed by atoms with Crippen LogP contribution in [0, 0.1) is 11.3 Å². The molecule has 0 atom stereocenters. The van der Waals surface area contributed by atoms with Gasteiger partial charge in [-0.05, 0) is 55.2 Å². The minimum absolute atomic E-state index is 0.118. The zero-order valence-corrected chi connectivity index (χ0v) is 19.0. The molecule has 1 saturated carbocycles. The van der Waals surface area contributed by atoms with Crippen LogP contribution in [0.1, 0.15) is 63.2 Å². The first-order chi connectivity index (χ1) is 14.2. The standard InChI is InChI=1S/C22H33N3O4S/c1-4-22(2,3)18-8-10-19(11-9-18)23-24-21(26)17-6-5-7-20(16-17)30(27,28)25-12-14-29-15-13-25/h5-7,16,18H,4,8-15H2,1-3H3,(H,24,26). The van der Waals surface area contributed by atoms with Crippen molar-refractivity contribution in [2.45, 2.75) is 57.8 Å². The van der Waals surface area contributed by atoms with Crippen molar-refractivity contribution in [3.63, 3.8) is 0 Å². The van der Waals surface area contributed by atoms with E-state index in [-0.39, 0.29) is 10.5 Å². The number of hydrogen-bond acceptors (Lipinski definition) is 5. The van der Waals surface area contributed by atoms with Gasteiger partial charge in [0.1, 0.15) is 0 Å². The number of carbonyl (C=O) groups is 1. The van der Waals surface area contributed by atoms with E-state index in [1.54, 1.807) is 12.1 Å². The van der Waals surface area contributed by atoms with Gasteiger partial charge in [0.25, 0.3) is 5.91 Å². The molecule has 0 bridgehead atoms. The Morgan fingerprint density at radius 3 is 2.53 bits per heavy atom. The van der Waals surface area contributed by atoms with E-state index in [4.69, 9.17) is 4.74 Å². The number of morpholine rings is 1. The van der Waals surface area contributed by atoms with Crippen molar-refractivity contribution in [2.75, 3.05) is 26.3 Å². The molecule has 1 heterocycles. The minimum atomic E-state index is -3.64. The average molecular weight is 436 g/mol. The fraction of sp³-hybridized carbons (Fsp3) is 0.636. The number of ether oxygens (including phenoxy) is 1. The Morgan fingerprint density at radius 2 is 1.90 bits per heavy atom. The molecule has 1 saturated heterocycles. The van der Waals surface area contributed by atoms with Gasteiger partial charge in [-0.3, -0.25) is 4.79 Å². The summed E-state index contributed by atoms with van der Waals surface area (Å²) in [7, 11) is -3.64. The molecule has 0 aromatic heterocycles. The lowest BCUT2D eigenvalue weighted by molar-refractivity contribution is 0.0730. The number of carbonyl (C=O) groups excluding carboxylic acids is 1. The smallest absolute Gasteiger partial charge is 0.271 e. The molecule has 1 aromatic carbocycles. The molecule has 0 radical (unpaired) electrons. The fourth-order valence-corrected chi connectivity index (χ4v) is 5.52. The van der Waals surface area contributed by atoms with Gasteiger partial charge in [-0.2, -0.15) is 9.41 Å². The monoisotopic (exact) mass is 435 g/mol. The number of nitrogens with zero attached hydrogens (tertiary/aromatic N) is 2. The SMILES string of the molecule is CCC(C)(C)C1CCC(=NNC(=O)c2cccc(S(=O)(=O)N3CCOCC3)c2)CC1. The number of sulfonamides is 1. The molecule has 1 aliphatic carbocycles. The highest BCUT2D eigenvalue weighted by Crippen LogP contribution is 2.39. The van der Waals surface area contributed by atoms with E-state index in [1.807, 2.05) is 0 Å². The van der Waals surface area contributed by atoms with E-state index in [9.17, 15) is 13.2 Å². The molecule has 7 nitrogen and oxygen atoms in total. The largest absolute Gasteiger partial charge is 0.379 e. The Labute approximate surface area is 179 Å². The second-order valence-corrected chi connectivity index (χ2v) is 10.7. The Bertz CT molecular complexity index is 879. The number of amides is 1. The highest BCUT2D eigenvalue weighted by molar-refractivity contribution is 7.89. The molecule has 30 heavy (non-hydrogen) atoms. The predicted molar refractivity (Wildman–Crippen MR) is 117 cm³/mol. The summed E-state index contributed by atoms with van der Waals surface area (Å²) in [6.07, 6.45) is 5.11. The van der Waals surface area contributed by atoms with Crippen LogP contribution in [0.3, 0.4) is 0 Å². The Kier molecular flexibility index (Phi) is 7.31. The lowest BCUT2D eigenvalue weighted by Gasteiger charge is -2.36. The van der Waals surface area contributed by atoms with Crippen LogP contribution in [-0.2, 0) is 14.8 Å². The summed E-state index contributed by atoms with van der Waals surface area (Å²) in [4.78, 5) is 12.7. The third-order valence-corrected chi connectivity index (χ3v) is 8.49. The summed E-state index contributed by atoms with van der Waals surface area (Å²) in [6.45, 7) is 8.28. The van der Waals surface area contributed by atoms with Crippen molar-refractivity contribution in [3.05, 3.63) is 29.8 Å². The van der Waals surface area contributed by atoms with Crippen LogP contribution in [0.2, 0.25) is 0 Å². The Morgan fingerprint density at radius 1 is 1.23 bits per heavy atom. The third kappa shape index (κ3) is 5.28. The molecule has 166 valence electrons. The van der Waals surface area contributed by atoms with Gasteiger partial charge in [0, 0.05) is 24.4 Å². The number of hydrogen-bond donors (Lipinski definition) is 1. The number of nitrogens with one attached hydrogen (secondary N) is 1. The molecule has 1 aromatic rings. The zero-order chi connectivity index (χ0) is 21.8. The van der Waals surface area contributed by atoms with Gasteiger partial charge >= 0.3 is 0 Å².